The Bertz CT molecular complexity index is 1840. The van der Waals surface area contributed by atoms with Crippen LogP contribution in [0.25, 0.3) is 16.9 Å². The molecule has 5 heterocycles. The van der Waals surface area contributed by atoms with Gasteiger partial charge in [-0.3, -0.25) is 19.6 Å². The molecule has 0 aliphatic heterocycles. The highest BCUT2D eigenvalue weighted by Crippen LogP contribution is 2.40. The lowest BCUT2D eigenvalue weighted by atomic mass is 9.77. The molecule has 5 aromatic heterocycles. The van der Waals surface area contributed by atoms with E-state index in [1.54, 1.807) is 13.0 Å². The summed E-state index contributed by atoms with van der Waals surface area (Å²) in [6.45, 7) is 2.31. The average molecular weight is 643 g/mol. The van der Waals surface area contributed by atoms with Crippen LogP contribution in [0, 0.1) is 12.7 Å². The van der Waals surface area contributed by atoms with Crippen molar-refractivity contribution in [1.82, 2.24) is 55.0 Å². The molecular weight excluding hydrogens is 612 g/mol. The predicted octanol–water partition coefficient (Wildman–Crippen LogP) is 4.20. The fourth-order valence-electron chi connectivity index (χ4n) is 5.48. The van der Waals surface area contributed by atoms with Gasteiger partial charge in [-0.1, -0.05) is 0 Å². The van der Waals surface area contributed by atoms with Crippen LogP contribution in [0.1, 0.15) is 61.8 Å². The lowest BCUT2D eigenvalue weighted by Gasteiger charge is -2.38. The number of ether oxygens (including phenoxy) is 1. The van der Waals surface area contributed by atoms with Crippen molar-refractivity contribution in [2.45, 2.75) is 69.8 Å². The summed E-state index contributed by atoms with van der Waals surface area (Å²) >= 11 is 0. The number of aromatic amines is 1. The van der Waals surface area contributed by atoms with E-state index < -0.39 is 30.2 Å². The van der Waals surface area contributed by atoms with Crippen molar-refractivity contribution in [3.63, 3.8) is 0 Å². The molecule has 1 amide bonds. The normalized spacial score (nSPS) is 19.3. The number of fused-ring (bicyclic) bond motifs is 1. The SMILES string of the molecule is CO[C@]1(C(=O)N[C@@H](C)c2cnc(-n3cc(F)cn3)cn2)CC[C@H](c2nc(Nc3cc(C)[nH]n3)c3cn(CC(F)(F)F)nc3n2)CC1. The Kier molecular flexibility index (Phi) is 8.13. The topological polar surface area (TPSA) is 166 Å². The molecule has 5 aromatic rings. The molecule has 0 unspecified atom stereocenters. The Balaban J connectivity index is 1.17. The quantitative estimate of drug-likeness (QED) is 0.198. The predicted molar refractivity (Wildman–Crippen MR) is 155 cm³/mol. The van der Waals surface area contributed by atoms with Gasteiger partial charge in [0, 0.05) is 31.0 Å². The van der Waals surface area contributed by atoms with Crippen LogP contribution in [0.15, 0.2) is 37.1 Å². The van der Waals surface area contributed by atoms with Crippen LogP contribution in [0.2, 0.25) is 0 Å². The van der Waals surface area contributed by atoms with E-state index in [1.807, 2.05) is 6.92 Å². The van der Waals surface area contributed by atoms with E-state index in [0.29, 0.717) is 54.2 Å². The molecule has 46 heavy (non-hydrogen) atoms. The number of nitrogens with zero attached hydrogens (tertiary/aromatic N) is 9. The summed E-state index contributed by atoms with van der Waals surface area (Å²) < 4.78 is 60.5. The Morgan fingerprint density at radius 2 is 1.96 bits per heavy atom. The maximum Gasteiger partial charge on any atom is 0.408 e. The van der Waals surface area contributed by atoms with Crippen LogP contribution in [0.4, 0.5) is 29.2 Å². The van der Waals surface area contributed by atoms with Crippen molar-refractivity contribution in [3.8, 4) is 5.82 Å². The molecule has 1 aliphatic carbocycles. The number of anilines is 2. The van der Waals surface area contributed by atoms with E-state index in [2.05, 4.69) is 51.0 Å². The molecule has 14 nitrogen and oxygen atoms in total. The first kappa shape index (κ1) is 31.0. The number of nitrogens with one attached hydrogen (secondary N) is 3. The molecule has 1 saturated carbocycles. The van der Waals surface area contributed by atoms with Gasteiger partial charge in [0.25, 0.3) is 5.91 Å². The number of carbonyl (C=O) groups is 1. The molecule has 0 aromatic carbocycles. The fourth-order valence-corrected chi connectivity index (χ4v) is 5.48. The van der Waals surface area contributed by atoms with Gasteiger partial charge in [-0.15, -0.1) is 0 Å². The van der Waals surface area contributed by atoms with E-state index in [0.717, 1.165) is 16.6 Å². The maximum atomic E-state index is 13.5. The molecule has 242 valence electrons. The lowest BCUT2D eigenvalue weighted by molar-refractivity contribution is -0.148. The molecule has 6 rings (SSSR count). The minimum atomic E-state index is -4.47. The first-order valence-corrected chi connectivity index (χ1v) is 14.4. The minimum Gasteiger partial charge on any atom is -0.368 e. The second-order valence-corrected chi connectivity index (χ2v) is 11.2. The minimum absolute atomic E-state index is 0.115. The molecule has 0 saturated heterocycles. The summed E-state index contributed by atoms with van der Waals surface area (Å²) in [7, 11) is 1.48. The third-order valence-corrected chi connectivity index (χ3v) is 7.94. The zero-order valence-electron chi connectivity index (χ0n) is 25.0. The van der Waals surface area contributed by atoms with Crippen molar-refractivity contribution in [2.24, 2.45) is 0 Å². The molecule has 1 aliphatic rings. The first-order chi connectivity index (χ1) is 21.9. The Morgan fingerprint density at radius 3 is 2.57 bits per heavy atom. The Labute approximate surface area is 259 Å². The number of alkyl halides is 3. The van der Waals surface area contributed by atoms with Crippen LogP contribution in [0.5, 0.6) is 0 Å². The second-order valence-electron chi connectivity index (χ2n) is 11.2. The summed E-state index contributed by atoms with van der Waals surface area (Å²) in [5, 5.41) is 21.2. The summed E-state index contributed by atoms with van der Waals surface area (Å²) in [5.74, 6) is 0.399. The van der Waals surface area contributed by atoms with E-state index >= 15 is 0 Å². The Hall–Kier alpha value is -5.00. The van der Waals surface area contributed by atoms with E-state index in [4.69, 9.17) is 4.74 Å². The van der Waals surface area contributed by atoms with Crippen LogP contribution in [-0.4, -0.2) is 74.5 Å². The molecule has 1 atom stereocenters. The molecule has 1 fully saturated rings. The van der Waals surface area contributed by atoms with Gasteiger partial charge >= 0.3 is 6.18 Å². The number of carbonyl (C=O) groups excluding carboxylic acids is 1. The van der Waals surface area contributed by atoms with Crippen LogP contribution >= 0.6 is 0 Å². The van der Waals surface area contributed by atoms with Crippen LogP contribution in [-0.2, 0) is 16.1 Å². The number of rotatable bonds is 9. The highest BCUT2D eigenvalue weighted by molar-refractivity contribution is 5.88. The standard InChI is InChI=1S/C28H30F4N12O2/c1-15-8-21(41-40-15)37-24-19-13-43(14-28(30,31)32)42-25(19)39-23(38-24)17-4-6-27(46-3,7-5-17)26(45)36-16(2)20-10-34-22(11-33-20)44-12-18(29)9-35-44/h8-13,16-17H,4-7,14H2,1-3H3,(H,36,45)(H2,37,38,39,40,41,42)/t16-,17-,27+/m0/s1. The van der Waals surface area contributed by atoms with Gasteiger partial charge in [0.1, 0.15) is 23.8 Å². The highest BCUT2D eigenvalue weighted by Gasteiger charge is 2.43. The smallest absolute Gasteiger partial charge is 0.368 e. The largest absolute Gasteiger partial charge is 0.408 e. The highest BCUT2D eigenvalue weighted by atomic mass is 19.4. The average Bonchev–Trinajstić information content (AvgIpc) is 3.75. The van der Waals surface area contributed by atoms with E-state index in [-0.39, 0.29) is 23.3 Å². The molecule has 0 spiro atoms. The number of halogens is 4. The van der Waals surface area contributed by atoms with Crippen LogP contribution < -0.4 is 10.6 Å². The summed E-state index contributed by atoms with van der Waals surface area (Å²) in [5.41, 5.74) is 0.260. The van der Waals surface area contributed by atoms with Gasteiger partial charge in [0.2, 0.25) is 0 Å². The van der Waals surface area contributed by atoms with Gasteiger partial charge in [-0.05, 0) is 39.5 Å². The number of H-pyrrole nitrogens is 1. The molecule has 18 heteroatoms. The molecule has 0 bridgehead atoms. The number of hydrogen-bond donors (Lipinski definition) is 3. The van der Waals surface area contributed by atoms with E-state index in [1.165, 1.54) is 36.6 Å². The van der Waals surface area contributed by atoms with Crippen molar-refractivity contribution >= 4 is 28.6 Å². The van der Waals surface area contributed by atoms with Gasteiger partial charge < -0.3 is 15.4 Å². The van der Waals surface area contributed by atoms with Gasteiger partial charge in [0.05, 0.1) is 41.9 Å². The zero-order chi connectivity index (χ0) is 32.6. The van der Waals surface area contributed by atoms with Gasteiger partial charge in [0.15, 0.2) is 23.1 Å². The van der Waals surface area contributed by atoms with Gasteiger partial charge in [-0.2, -0.15) is 28.5 Å². The second kappa shape index (κ2) is 12.1. The van der Waals surface area contributed by atoms with Gasteiger partial charge in [-0.25, -0.2) is 24.0 Å². The van der Waals surface area contributed by atoms with Crippen molar-refractivity contribution < 1.29 is 27.1 Å². The third-order valence-electron chi connectivity index (χ3n) is 7.94. The monoisotopic (exact) mass is 642 g/mol. The number of hydrogen-bond acceptors (Lipinski definition) is 10. The summed E-state index contributed by atoms with van der Waals surface area (Å²) in [6, 6.07) is 1.23. The lowest BCUT2D eigenvalue weighted by Crippen LogP contribution is -2.51. The van der Waals surface area contributed by atoms with E-state index in [9.17, 15) is 22.4 Å². The summed E-state index contributed by atoms with van der Waals surface area (Å²) in [4.78, 5) is 31.3. The number of aromatic nitrogens is 10. The molecule has 3 N–H and O–H groups in total. The van der Waals surface area contributed by atoms with Crippen molar-refractivity contribution in [3.05, 3.63) is 60.1 Å². The Morgan fingerprint density at radius 1 is 1.17 bits per heavy atom. The molecule has 0 radical (unpaired) electrons. The van der Waals surface area contributed by atoms with Crippen LogP contribution in [0.3, 0.4) is 0 Å². The maximum absolute atomic E-state index is 13.5. The number of amides is 1. The fraction of sp³-hybridized carbons (Fsp3) is 0.429. The van der Waals surface area contributed by atoms with Crippen molar-refractivity contribution in [1.29, 1.82) is 0 Å². The van der Waals surface area contributed by atoms with Crippen molar-refractivity contribution in [2.75, 3.05) is 12.4 Å². The number of aryl methyl sites for hydroxylation is 1. The molecular formula is C28H30F4N12O2. The first-order valence-electron chi connectivity index (χ1n) is 14.4. The third kappa shape index (κ3) is 6.51. The summed E-state index contributed by atoms with van der Waals surface area (Å²) in [6.07, 6.45) is 3.57. The number of methoxy groups -OCH3 is 1. The zero-order valence-corrected chi connectivity index (χ0v) is 25.0.